The molecule has 0 spiro atoms. The number of benzene rings is 1. The Morgan fingerprint density at radius 2 is 1.70 bits per heavy atom. The molecule has 4 rings (SSSR count). The molecule has 1 fully saturated rings. The van der Waals surface area contributed by atoms with Gasteiger partial charge >= 0.3 is 0 Å². The van der Waals surface area contributed by atoms with Crippen LogP contribution in [0, 0.1) is 6.92 Å². The smallest absolute Gasteiger partial charge is 0.231 e. The molecule has 1 aromatic carbocycles. The van der Waals surface area contributed by atoms with E-state index in [-0.39, 0.29) is 0 Å². The summed E-state index contributed by atoms with van der Waals surface area (Å²) in [5, 5.41) is 9.45. The summed E-state index contributed by atoms with van der Waals surface area (Å²) in [6.45, 7) is 3.79. The van der Waals surface area contributed by atoms with E-state index in [1.54, 1.807) is 12.4 Å². The van der Waals surface area contributed by atoms with Crippen LogP contribution in [-0.2, 0) is 0 Å². The van der Waals surface area contributed by atoms with Crippen LogP contribution in [0.3, 0.4) is 0 Å². The first-order valence-corrected chi connectivity index (χ1v) is 9.44. The minimum Gasteiger partial charge on any atom is -0.341 e. The molecule has 0 amide bonds. The predicted molar refractivity (Wildman–Crippen MR) is 107 cm³/mol. The molecule has 3 heterocycles. The van der Waals surface area contributed by atoms with Crippen molar-refractivity contribution in [3.8, 4) is 5.69 Å². The average Bonchev–Trinajstić information content (AvgIpc) is 3.10. The van der Waals surface area contributed by atoms with Crippen molar-refractivity contribution in [1.82, 2.24) is 24.7 Å². The Kier molecular flexibility index (Phi) is 4.94. The summed E-state index contributed by atoms with van der Waals surface area (Å²) in [6.07, 6.45) is 5.60. The second kappa shape index (κ2) is 7.52. The van der Waals surface area contributed by atoms with Crippen molar-refractivity contribution < 1.29 is 0 Å². The molecule has 8 heteroatoms. The molecule has 0 bridgehead atoms. The molecule has 7 nitrogen and oxygen atoms in total. The highest BCUT2D eigenvalue weighted by molar-refractivity contribution is 6.30. The lowest BCUT2D eigenvalue weighted by atomic mass is 10.0. The fourth-order valence-electron chi connectivity index (χ4n) is 3.54. The van der Waals surface area contributed by atoms with Gasteiger partial charge in [-0.25, -0.2) is 9.97 Å². The van der Waals surface area contributed by atoms with Crippen LogP contribution in [0.1, 0.15) is 18.7 Å². The van der Waals surface area contributed by atoms with Crippen molar-refractivity contribution in [3.05, 3.63) is 53.6 Å². The third-order valence-electron chi connectivity index (χ3n) is 5.06. The third kappa shape index (κ3) is 3.60. The topological polar surface area (TPSA) is 63.0 Å². The second-order valence-electron chi connectivity index (χ2n) is 6.74. The number of hydrogen-bond acceptors (Lipinski definition) is 6. The molecule has 0 N–H and O–H groups in total. The Labute approximate surface area is 163 Å². The number of halogens is 1. The molecule has 27 heavy (non-hydrogen) atoms. The second-order valence-corrected chi connectivity index (χ2v) is 7.17. The van der Waals surface area contributed by atoms with Gasteiger partial charge < -0.3 is 9.80 Å². The zero-order valence-electron chi connectivity index (χ0n) is 15.5. The fraction of sp³-hybridized carbons (Fsp3) is 0.368. The molecule has 140 valence electrons. The van der Waals surface area contributed by atoms with E-state index < -0.39 is 0 Å². The van der Waals surface area contributed by atoms with Crippen molar-refractivity contribution >= 4 is 23.5 Å². The van der Waals surface area contributed by atoms with E-state index in [0.29, 0.717) is 6.04 Å². The summed E-state index contributed by atoms with van der Waals surface area (Å²) in [5.74, 6) is 2.52. The van der Waals surface area contributed by atoms with E-state index in [1.807, 2.05) is 37.3 Å². The number of hydrogen-bond donors (Lipinski definition) is 0. The molecule has 1 aliphatic rings. The molecular formula is C19H22ClN7. The van der Waals surface area contributed by atoms with Gasteiger partial charge in [-0.15, -0.1) is 10.2 Å². The normalized spacial score (nSPS) is 15.1. The van der Waals surface area contributed by atoms with E-state index >= 15 is 0 Å². The Bertz CT molecular complexity index is 886. The maximum atomic E-state index is 6.03. The summed E-state index contributed by atoms with van der Waals surface area (Å²) >= 11 is 6.03. The minimum atomic E-state index is 0.414. The Hall–Kier alpha value is -2.67. The Morgan fingerprint density at radius 3 is 2.37 bits per heavy atom. The average molecular weight is 384 g/mol. The van der Waals surface area contributed by atoms with Crippen molar-refractivity contribution in [2.75, 3.05) is 29.9 Å². The first kappa shape index (κ1) is 17.7. The summed E-state index contributed by atoms with van der Waals surface area (Å²) < 4.78 is 2.08. The van der Waals surface area contributed by atoms with Gasteiger partial charge in [-0.3, -0.25) is 4.57 Å². The van der Waals surface area contributed by atoms with Crippen LogP contribution in [-0.4, -0.2) is 50.9 Å². The van der Waals surface area contributed by atoms with Gasteiger partial charge in [-0.1, -0.05) is 11.6 Å². The lowest BCUT2D eigenvalue weighted by Gasteiger charge is -2.37. The molecule has 0 radical (unpaired) electrons. The monoisotopic (exact) mass is 383 g/mol. The van der Waals surface area contributed by atoms with Gasteiger partial charge in [0.05, 0.1) is 5.69 Å². The van der Waals surface area contributed by atoms with Gasteiger partial charge in [0.15, 0.2) is 0 Å². The van der Waals surface area contributed by atoms with E-state index in [9.17, 15) is 0 Å². The SMILES string of the molecule is Cc1nnc(N2CCC(N(C)c3ncccn3)CC2)n1-c1ccc(Cl)cc1. The van der Waals surface area contributed by atoms with Gasteiger partial charge in [0, 0.05) is 43.6 Å². The zero-order valence-corrected chi connectivity index (χ0v) is 16.2. The fourth-order valence-corrected chi connectivity index (χ4v) is 3.66. The van der Waals surface area contributed by atoms with Gasteiger partial charge in [0.1, 0.15) is 5.82 Å². The van der Waals surface area contributed by atoms with Gasteiger partial charge in [-0.2, -0.15) is 0 Å². The maximum absolute atomic E-state index is 6.03. The molecule has 2 aromatic heterocycles. The highest BCUT2D eigenvalue weighted by Crippen LogP contribution is 2.26. The van der Waals surface area contributed by atoms with Gasteiger partial charge in [-0.05, 0) is 50.1 Å². The van der Waals surface area contributed by atoms with E-state index in [4.69, 9.17) is 11.6 Å². The largest absolute Gasteiger partial charge is 0.341 e. The van der Waals surface area contributed by atoms with Crippen LogP contribution in [0.25, 0.3) is 5.69 Å². The van der Waals surface area contributed by atoms with Gasteiger partial charge in [0.25, 0.3) is 0 Å². The number of aryl methyl sites for hydroxylation is 1. The number of nitrogens with zero attached hydrogens (tertiary/aromatic N) is 7. The number of anilines is 2. The third-order valence-corrected chi connectivity index (χ3v) is 5.31. The summed E-state index contributed by atoms with van der Waals surface area (Å²) in [4.78, 5) is 13.2. The first-order chi connectivity index (χ1) is 13.1. The molecular weight excluding hydrogens is 362 g/mol. The van der Waals surface area contributed by atoms with Gasteiger partial charge in [0.2, 0.25) is 11.9 Å². The zero-order chi connectivity index (χ0) is 18.8. The number of rotatable bonds is 4. The standard InChI is InChI=1S/C19H22ClN7/c1-14-23-24-19(27(14)17-6-4-15(20)5-7-17)26-12-8-16(9-13-26)25(2)18-21-10-3-11-22-18/h3-7,10-11,16H,8-9,12-13H2,1-2H3. The predicted octanol–water partition coefficient (Wildman–Crippen LogP) is 3.12. The quantitative estimate of drug-likeness (QED) is 0.689. The van der Waals surface area contributed by atoms with Crippen molar-refractivity contribution in [2.24, 2.45) is 0 Å². The Balaban J connectivity index is 1.50. The van der Waals surface area contributed by atoms with E-state index in [1.165, 1.54) is 0 Å². The van der Waals surface area contributed by atoms with Crippen molar-refractivity contribution in [3.63, 3.8) is 0 Å². The van der Waals surface area contributed by atoms with Crippen LogP contribution in [0.4, 0.5) is 11.9 Å². The molecule has 0 saturated carbocycles. The summed E-state index contributed by atoms with van der Waals surface area (Å²) in [5.41, 5.74) is 1.02. The van der Waals surface area contributed by atoms with Crippen LogP contribution in [0.5, 0.6) is 0 Å². The summed E-state index contributed by atoms with van der Waals surface area (Å²) in [6, 6.07) is 10.0. The highest BCUT2D eigenvalue weighted by atomic mass is 35.5. The first-order valence-electron chi connectivity index (χ1n) is 9.06. The van der Waals surface area contributed by atoms with Crippen LogP contribution in [0.15, 0.2) is 42.7 Å². The van der Waals surface area contributed by atoms with E-state index in [2.05, 4.69) is 41.6 Å². The lowest BCUT2D eigenvalue weighted by molar-refractivity contribution is 0.471. The lowest BCUT2D eigenvalue weighted by Crippen LogP contribution is -2.44. The molecule has 0 unspecified atom stereocenters. The van der Waals surface area contributed by atoms with Crippen LogP contribution >= 0.6 is 11.6 Å². The number of aromatic nitrogens is 5. The summed E-state index contributed by atoms with van der Waals surface area (Å²) in [7, 11) is 2.07. The van der Waals surface area contributed by atoms with Crippen LogP contribution < -0.4 is 9.80 Å². The Morgan fingerprint density at radius 1 is 1.04 bits per heavy atom. The molecule has 1 aliphatic heterocycles. The van der Waals surface area contributed by atoms with Crippen molar-refractivity contribution in [1.29, 1.82) is 0 Å². The van der Waals surface area contributed by atoms with Crippen LogP contribution in [0.2, 0.25) is 5.02 Å². The molecule has 0 aliphatic carbocycles. The highest BCUT2D eigenvalue weighted by Gasteiger charge is 2.27. The van der Waals surface area contributed by atoms with E-state index in [0.717, 1.165) is 54.4 Å². The minimum absolute atomic E-state index is 0.414. The molecule has 1 saturated heterocycles. The molecule has 0 atom stereocenters. The van der Waals surface area contributed by atoms with Crippen molar-refractivity contribution in [2.45, 2.75) is 25.8 Å². The maximum Gasteiger partial charge on any atom is 0.231 e. The molecule has 3 aromatic rings. The number of piperidine rings is 1.